The molecule has 1 aliphatic carbocycles. The average Bonchev–Trinajstić information content (AvgIpc) is 3.30. The van der Waals surface area contributed by atoms with Crippen LogP contribution in [0.15, 0.2) is 79.1 Å². The molecule has 2 heterocycles. The third-order valence-corrected chi connectivity index (χ3v) is 5.10. The first-order chi connectivity index (χ1) is 14.3. The summed E-state index contributed by atoms with van der Waals surface area (Å²) in [4.78, 5) is 17.3. The minimum absolute atomic E-state index is 0.264. The topological polar surface area (TPSA) is 64.7 Å². The Balaban J connectivity index is 1.48. The molecule has 6 heteroatoms. The number of imidazole rings is 1. The van der Waals surface area contributed by atoms with Gasteiger partial charge in [-0.1, -0.05) is 48.5 Å². The van der Waals surface area contributed by atoms with E-state index in [2.05, 4.69) is 15.4 Å². The molecule has 1 amide bonds. The van der Waals surface area contributed by atoms with Gasteiger partial charge in [0.1, 0.15) is 0 Å². The molecule has 0 saturated heterocycles. The van der Waals surface area contributed by atoms with Gasteiger partial charge in [0.15, 0.2) is 5.69 Å². The van der Waals surface area contributed by atoms with Crippen LogP contribution in [0.2, 0.25) is 0 Å². The van der Waals surface area contributed by atoms with Crippen molar-refractivity contribution >= 4 is 11.9 Å². The van der Waals surface area contributed by atoms with Crippen LogP contribution in [0.4, 0.5) is 5.95 Å². The molecule has 144 valence electrons. The molecule has 4 aromatic rings. The molecule has 2 aromatic heterocycles. The lowest BCUT2D eigenvalue weighted by Gasteiger charge is -2.07. The van der Waals surface area contributed by atoms with Crippen LogP contribution < -0.4 is 5.32 Å². The highest BCUT2D eigenvalue weighted by Gasteiger charge is 2.23. The summed E-state index contributed by atoms with van der Waals surface area (Å²) in [6, 6.07) is 21.6. The Morgan fingerprint density at radius 2 is 1.76 bits per heavy atom. The van der Waals surface area contributed by atoms with Crippen molar-refractivity contribution in [3.63, 3.8) is 0 Å². The van der Waals surface area contributed by atoms with Gasteiger partial charge in [0.2, 0.25) is 5.95 Å². The summed E-state index contributed by atoms with van der Waals surface area (Å²) in [5.41, 5.74) is 3.12. The lowest BCUT2D eigenvalue weighted by Crippen LogP contribution is -2.17. The zero-order chi connectivity index (χ0) is 19.6. The van der Waals surface area contributed by atoms with E-state index < -0.39 is 0 Å². The molecule has 0 radical (unpaired) electrons. The minimum atomic E-state index is -0.264. The van der Waals surface area contributed by atoms with E-state index in [9.17, 15) is 4.79 Å². The van der Waals surface area contributed by atoms with Crippen molar-refractivity contribution in [1.82, 2.24) is 19.3 Å². The first-order valence-corrected chi connectivity index (χ1v) is 9.81. The standard InChI is InChI=1S/C23H21N5O/c29-22(25-23-24-13-14-27(23)16-17-11-12-17)20-15-21(18-7-3-1-4-8-18)28(26-20)19-9-5-2-6-10-19/h1-10,13-15,17H,11-12,16H2,(H,24,25,29). The summed E-state index contributed by atoms with van der Waals surface area (Å²) in [7, 11) is 0. The van der Waals surface area contributed by atoms with Crippen LogP contribution in [0.3, 0.4) is 0 Å². The fourth-order valence-electron chi connectivity index (χ4n) is 3.40. The van der Waals surface area contributed by atoms with Crippen LogP contribution in [-0.4, -0.2) is 25.2 Å². The molecule has 0 spiro atoms. The Bertz CT molecular complexity index is 1070. The van der Waals surface area contributed by atoms with Crippen LogP contribution >= 0.6 is 0 Å². The number of hydrogen-bond acceptors (Lipinski definition) is 3. The highest BCUT2D eigenvalue weighted by molar-refractivity contribution is 6.02. The summed E-state index contributed by atoms with van der Waals surface area (Å²) in [6.07, 6.45) is 6.11. The predicted molar refractivity (Wildman–Crippen MR) is 112 cm³/mol. The molecular formula is C23H21N5O. The van der Waals surface area contributed by atoms with Crippen LogP contribution in [0, 0.1) is 5.92 Å². The van der Waals surface area contributed by atoms with Crippen molar-refractivity contribution in [3.8, 4) is 16.9 Å². The summed E-state index contributed by atoms with van der Waals surface area (Å²) in [5, 5.41) is 7.53. The molecule has 0 atom stereocenters. The minimum Gasteiger partial charge on any atom is -0.317 e. The Morgan fingerprint density at radius 1 is 1.03 bits per heavy atom. The molecule has 1 saturated carbocycles. The van der Waals surface area contributed by atoms with Crippen LogP contribution in [0.25, 0.3) is 16.9 Å². The van der Waals surface area contributed by atoms with Crippen LogP contribution in [-0.2, 0) is 6.54 Å². The maximum Gasteiger partial charge on any atom is 0.278 e. The van der Waals surface area contributed by atoms with Crippen LogP contribution in [0.5, 0.6) is 0 Å². The van der Waals surface area contributed by atoms with E-state index in [0.717, 1.165) is 23.5 Å². The Morgan fingerprint density at radius 3 is 2.48 bits per heavy atom. The number of carbonyl (C=O) groups excluding carboxylic acids is 1. The first-order valence-electron chi connectivity index (χ1n) is 9.81. The highest BCUT2D eigenvalue weighted by Crippen LogP contribution is 2.31. The summed E-state index contributed by atoms with van der Waals surface area (Å²) in [6.45, 7) is 0.892. The van der Waals surface area contributed by atoms with Gasteiger partial charge in [-0.25, -0.2) is 9.67 Å². The molecule has 29 heavy (non-hydrogen) atoms. The number of nitrogens with zero attached hydrogens (tertiary/aromatic N) is 4. The highest BCUT2D eigenvalue weighted by atomic mass is 16.2. The van der Waals surface area contributed by atoms with Gasteiger partial charge in [-0.15, -0.1) is 0 Å². The van der Waals surface area contributed by atoms with Gasteiger partial charge in [-0.2, -0.15) is 5.10 Å². The van der Waals surface area contributed by atoms with Gasteiger partial charge < -0.3 is 4.57 Å². The van der Waals surface area contributed by atoms with Crippen molar-refractivity contribution in [2.75, 3.05) is 5.32 Å². The fourth-order valence-corrected chi connectivity index (χ4v) is 3.40. The zero-order valence-corrected chi connectivity index (χ0v) is 15.9. The van der Waals surface area contributed by atoms with E-state index in [1.807, 2.05) is 77.5 Å². The molecule has 5 rings (SSSR count). The van der Waals surface area contributed by atoms with E-state index in [1.54, 1.807) is 10.9 Å². The molecule has 1 fully saturated rings. The van der Waals surface area contributed by atoms with Crippen molar-refractivity contribution in [3.05, 3.63) is 84.8 Å². The predicted octanol–water partition coefficient (Wildman–Crippen LogP) is 4.40. The van der Waals surface area contributed by atoms with Crippen molar-refractivity contribution in [1.29, 1.82) is 0 Å². The maximum absolute atomic E-state index is 13.0. The van der Waals surface area contributed by atoms with Gasteiger partial charge >= 0.3 is 0 Å². The van der Waals surface area contributed by atoms with Gasteiger partial charge in [-0.3, -0.25) is 10.1 Å². The number of aromatic nitrogens is 4. The van der Waals surface area contributed by atoms with Crippen LogP contribution in [0.1, 0.15) is 23.3 Å². The number of benzene rings is 2. The van der Waals surface area contributed by atoms with Crippen molar-refractivity contribution < 1.29 is 4.79 Å². The molecule has 0 bridgehead atoms. The molecule has 1 aliphatic rings. The molecular weight excluding hydrogens is 362 g/mol. The number of carbonyl (C=O) groups is 1. The number of hydrogen-bond donors (Lipinski definition) is 1. The monoisotopic (exact) mass is 383 g/mol. The summed E-state index contributed by atoms with van der Waals surface area (Å²) >= 11 is 0. The number of amides is 1. The summed E-state index contributed by atoms with van der Waals surface area (Å²) < 4.78 is 3.81. The second kappa shape index (κ2) is 7.39. The normalized spacial score (nSPS) is 13.4. The zero-order valence-electron chi connectivity index (χ0n) is 15.9. The van der Waals surface area contributed by atoms with E-state index in [4.69, 9.17) is 0 Å². The van der Waals surface area contributed by atoms with E-state index in [-0.39, 0.29) is 5.91 Å². The molecule has 1 N–H and O–H groups in total. The molecule has 0 aliphatic heterocycles. The van der Waals surface area contributed by atoms with Gasteiger partial charge in [0, 0.05) is 24.5 Å². The van der Waals surface area contributed by atoms with E-state index >= 15 is 0 Å². The Kier molecular flexibility index (Phi) is 4.44. The second-order valence-corrected chi connectivity index (χ2v) is 7.33. The average molecular weight is 383 g/mol. The third-order valence-electron chi connectivity index (χ3n) is 5.10. The largest absolute Gasteiger partial charge is 0.317 e. The Hall–Kier alpha value is -3.67. The van der Waals surface area contributed by atoms with Crippen molar-refractivity contribution in [2.45, 2.75) is 19.4 Å². The van der Waals surface area contributed by atoms with Gasteiger partial charge in [-0.05, 0) is 37.0 Å². The number of anilines is 1. The second-order valence-electron chi connectivity index (χ2n) is 7.33. The SMILES string of the molecule is O=C(Nc1nccn1CC1CC1)c1cc(-c2ccccc2)n(-c2ccccc2)n1. The van der Waals surface area contributed by atoms with E-state index in [1.165, 1.54) is 12.8 Å². The van der Waals surface area contributed by atoms with Gasteiger partial charge in [0.25, 0.3) is 5.91 Å². The van der Waals surface area contributed by atoms with Gasteiger partial charge in [0.05, 0.1) is 11.4 Å². The Labute approximate surface area is 168 Å². The maximum atomic E-state index is 13.0. The smallest absolute Gasteiger partial charge is 0.278 e. The first kappa shape index (κ1) is 17.4. The quantitative estimate of drug-likeness (QED) is 0.537. The number of nitrogens with one attached hydrogen (secondary N) is 1. The molecule has 6 nitrogen and oxygen atoms in total. The summed E-state index contributed by atoms with van der Waals surface area (Å²) in [5.74, 6) is 0.999. The van der Waals surface area contributed by atoms with E-state index in [0.29, 0.717) is 17.6 Å². The third kappa shape index (κ3) is 3.69. The van der Waals surface area contributed by atoms with Crippen molar-refractivity contribution in [2.24, 2.45) is 5.92 Å². The molecule has 2 aromatic carbocycles. The number of para-hydroxylation sites is 1. The fraction of sp³-hybridized carbons (Fsp3) is 0.174. The lowest BCUT2D eigenvalue weighted by atomic mass is 10.1. The lowest BCUT2D eigenvalue weighted by molar-refractivity contribution is 0.102. The molecule has 0 unspecified atom stereocenters. The number of rotatable bonds is 6.